The molecule has 0 bridgehead atoms. The van der Waals surface area contributed by atoms with Crippen LogP contribution >= 0.6 is 11.3 Å². The van der Waals surface area contributed by atoms with E-state index in [1.165, 1.54) is 6.20 Å². The van der Waals surface area contributed by atoms with Crippen molar-refractivity contribution in [3.05, 3.63) is 28.2 Å². The molecular weight excluding hydrogens is 242 g/mol. The number of hydrogen-bond donors (Lipinski definition) is 1. The van der Waals surface area contributed by atoms with Gasteiger partial charge in [0.2, 0.25) is 0 Å². The Kier molecular flexibility index (Phi) is 3.05. The van der Waals surface area contributed by atoms with Gasteiger partial charge in [0, 0.05) is 13.2 Å². The number of aryl methyl sites for hydroxylation is 2. The molecule has 0 aliphatic heterocycles. The van der Waals surface area contributed by atoms with E-state index in [9.17, 15) is 10.1 Å². The fourth-order valence-corrected chi connectivity index (χ4v) is 2.07. The van der Waals surface area contributed by atoms with Crippen molar-refractivity contribution in [3.8, 4) is 0 Å². The molecule has 0 saturated carbocycles. The lowest BCUT2D eigenvalue weighted by Gasteiger charge is -1.99. The second-order valence-corrected chi connectivity index (χ2v) is 4.41. The van der Waals surface area contributed by atoms with E-state index in [-0.39, 0.29) is 5.00 Å². The van der Waals surface area contributed by atoms with Crippen molar-refractivity contribution in [3.63, 3.8) is 0 Å². The van der Waals surface area contributed by atoms with E-state index in [2.05, 4.69) is 15.4 Å². The van der Waals surface area contributed by atoms with Gasteiger partial charge in [0.1, 0.15) is 6.20 Å². The number of thiazole rings is 1. The van der Waals surface area contributed by atoms with Crippen molar-refractivity contribution in [1.82, 2.24) is 14.8 Å². The standard InChI is InChI=1S/C9H11N5O2S/c1-3-6-7(5-13(2)12-6)11-9-10-4-8(17-9)14(15)16/h4-5H,3H2,1-2H3,(H,10,11). The monoisotopic (exact) mass is 253 g/mol. The Balaban J connectivity index is 2.21. The van der Waals surface area contributed by atoms with Gasteiger partial charge in [0.15, 0.2) is 5.13 Å². The summed E-state index contributed by atoms with van der Waals surface area (Å²) in [6.45, 7) is 2.00. The molecule has 2 heterocycles. The summed E-state index contributed by atoms with van der Waals surface area (Å²) in [5, 5.41) is 18.4. The predicted octanol–water partition coefficient (Wildman–Crippen LogP) is 2.09. The molecule has 0 aliphatic carbocycles. The lowest BCUT2D eigenvalue weighted by Crippen LogP contribution is -1.92. The molecule has 2 aromatic heterocycles. The zero-order valence-electron chi connectivity index (χ0n) is 9.38. The minimum atomic E-state index is -0.452. The second kappa shape index (κ2) is 4.50. The molecule has 0 fully saturated rings. The summed E-state index contributed by atoms with van der Waals surface area (Å²) in [6, 6.07) is 0. The lowest BCUT2D eigenvalue weighted by atomic mass is 10.3. The molecule has 2 aromatic rings. The summed E-state index contributed by atoms with van der Waals surface area (Å²) in [4.78, 5) is 14.0. The largest absolute Gasteiger partial charge is 0.345 e. The summed E-state index contributed by atoms with van der Waals surface area (Å²) in [5.74, 6) is 0. The summed E-state index contributed by atoms with van der Waals surface area (Å²) >= 11 is 1.01. The third-order valence-electron chi connectivity index (χ3n) is 2.16. The maximum atomic E-state index is 10.5. The Bertz CT molecular complexity index is 547. The van der Waals surface area contributed by atoms with Crippen LogP contribution in [-0.4, -0.2) is 19.7 Å². The summed E-state index contributed by atoms with van der Waals surface area (Å²) in [6.07, 6.45) is 3.86. The van der Waals surface area contributed by atoms with E-state index >= 15 is 0 Å². The molecular formula is C9H11N5O2S. The van der Waals surface area contributed by atoms with Crippen LogP contribution in [0, 0.1) is 10.1 Å². The average molecular weight is 253 g/mol. The van der Waals surface area contributed by atoms with Crippen molar-refractivity contribution >= 4 is 27.2 Å². The number of anilines is 2. The average Bonchev–Trinajstić information content (AvgIpc) is 2.86. The number of nitrogens with zero attached hydrogens (tertiary/aromatic N) is 4. The minimum absolute atomic E-state index is 0.0226. The normalized spacial score (nSPS) is 10.5. The molecule has 0 amide bonds. The van der Waals surface area contributed by atoms with Crippen molar-refractivity contribution < 1.29 is 4.92 Å². The Morgan fingerprint density at radius 3 is 3.00 bits per heavy atom. The van der Waals surface area contributed by atoms with E-state index in [1.807, 2.05) is 20.2 Å². The van der Waals surface area contributed by atoms with E-state index in [4.69, 9.17) is 0 Å². The highest BCUT2D eigenvalue weighted by molar-refractivity contribution is 7.18. The molecule has 0 aromatic carbocycles. The molecule has 0 spiro atoms. The Labute approximate surface area is 101 Å². The van der Waals surface area contributed by atoms with Gasteiger partial charge >= 0.3 is 5.00 Å². The summed E-state index contributed by atoms with van der Waals surface area (Å²) < 4.78 is 1.70. The van der Waals surface area contributed by atoms with Gasteiger partial charge < -0.3 is 5.32 Å². The topological polar surface area (TPSA) is 85.9 Å². The van der Waals surface area contributed by atoms with Crippen LogP contribution < -0.4 is 5.32 Å². The van der Waals surface area contributed by atoms with Gasteiger partial charge in [-0.1, -0.05) is 6.92 Å². The van der Waals surface area contributed by atoms with Gasteiger partial charge in [-0.2, -0.15) is 5.10 Å². The third-order valence-corrected chi connectivity index (χ3v) is 3.02. The van der Waals surface area contributed by atoms with Crippen molar-refractivity contribution in [1.29, 1.82) is 0 Å². The fraction of sp³-hybridized carbons (Fsp3) is 0.333. The Morgan fingerprint density at radius 1 is 1.65 bits per heavy atom. The van der Waals surface area contributed by atoms with Crippen LogP contribution in [0.2, 0.25) is 0 Å². The quantitative estimate of drug-likeness (QED) is 0.666. The van der Waals surface area contributed by atoms with Crippen molar-refractivity contribution in [2.45, 2.75) is 13.3 Å². The zero-order valence-corrected chi connectivity index (χ0v) is 10.2. The third kappa shape index (κ3) is 2.41. The SMILES string of the molecule is CCc1nn(C)cc1Nc1ncc([N+](=O)[O-])s1. The van der Waals surface area contributed by atoms with Crippen molar-refractivity contribution in [2.75, 3.05) is 5.32 Å². The van der Waals surface area contributed by atoms with Crippen LogP contribution in [0.3, 0.4) is 0 Å². The van der Waals surface area contributed by atoms with Gasteiger partial charge in [-0.25, -0.2) is 4.98 Å². The number of aromatic nitrogens is 3. The Hall–Kier alpha value is -1.96. The molecule has 0 atom stereocenters. The zero-order chi connectivity index (χ0) is 12.4. The first-order valence-electron chi connectivity index (χ1n) is 5.00. The molecule has 2 rings (SSSR count). The smallest absolute Gasteiger partial charge is 0.329 e. The van der Waals surface area contributed by atoms with E-state index in [0.717, 1.165) is 29.1 Å². The van der Waals surface area contributed by atoms with E-state index < -0.39 is 4.92 Å². The van der Waals surface area contributed by atoms with Gasteiger partial charge in [-0.15, -0.1) is 0 Å². The maximum absolute atomic E-state index is 10.5. The minimum Gasteiger partial charge on any atom is -0.329 e. The van der Waals surface area contributed by atoms with E-state index in [0.29, 0.717) is 5.13 Å². The van der Waals surface area contributed by atoms with Crippen LogP contribution in [-0.2, 0) is 13.5 Å². The van der Waals surface area contributed by atoms with Crippen LogP contribution in [0.1, 0.15) is 12.6 Å². The molecule has 17 heavy (non-hydrogen) atoms. The maximum Gasteiger partial charge on any atom is 0.345 e. The van der Waals surface area contributed by atoms with Gasteiger partial charge in [-0.05, 0) is 17.8 Å². The fourth-order valence-electron chi connectivity index (χ4n) is 1.42. The molecule has 0 unspecified atom stereocenters. The molecule has 90 valence electrons. The number of hydrogen-bond acceptors (Lipinski definition) is 6. The first-order valence-corrected chi connectivity index (χ1v) is 5.81. The highest BCUT2D eigenvalue weighted by Crippen LogP contribution is 2.28. The van der Waals surface area contributed by atoms with Crippen LogP contribution in [0.5, 0.6) is 0 Å². The van der Waals surface area contributed by atoms with Crippen LogP contribution in [0.25, 0.3) is 0 Å². The molecule has 0 aliphatic rings. The Morgan fingerprint density at radius 2 is 2.41 bits per heavy atom. The van der Waals surface area contributed by atoms with Crippen molar-refractivity contribution in [2.24, 2.45) is 7.05 Å². The van der Waals surface area contributed by atoms with E-state index in [1.54, 1.807) is 4.68 Å². The van der Waals surface area contributed by atoms with Crippen LogP contribution in [0.4, 0.5) is 15.8 Å². The molecule has 1 N–H and O–H groups in total. The van der Waals surface area contributed by atoms with Crippen LogP contribution in [0.15, 0.2) is 12.4 Å². The lowest BCUT2D eigenvalue weighted by molar-refractivity contribution is -0.380. The first kappa shape index (κ1) is 11.5. The van der Waals surface area contributed by atoms with Gasteiger partial charge in [0.25, 0.3) is 0 Å². The molecule has 0 saturated heterocycles. The van der Waals surface area contributed by atoms with Gasteiger partial charge in [0.05, 0.1) is 16.3 Å². The van der Waals surface area contributed by atoms with Gasteiger partial charge in [-0.3, -0.25) is 14.8 Å². The molecule has 8 heteroatoms. The number of rotatable bonds is 4. The predicted molar refractivity (Wildman–Crippen MR) is 64.6 cm³/mol. The highest BCUT2D eigenvalue weighted by Gasteiger charge is 2.13. The first-order chi connectivity index (χ1) is 8.10. The summed E-state index contributed by atoms with van der Waals surface area (Å²) in [5.41, 5.74) is 1.74. The molecule has 0 radical (unpaired) electrons. The number of nitro groups is 1. The second-order valence-electron chi connectivity index (χ2n) is 3.40. The molecule has 7 nitrogen and oxygen atoms in total. The highest BCUT2D eigenvalue weighted by atomic mass is 32.1. The summed E-state index contributed by atoms with van der Waals surface area (Å²) in [7, 11) is 1.83. The number of nitrogens with one attached hydrogen (secondary N) is 1.